The van der Waals surface area contributed by atoms with Gasteiger partial charge in [-0.3, -0.25) is 0 Å². The fourth-order valence-electron chi connectivity index (χ4n) is 3.36. The molecule has 1 aliphatic rings. The largest absolute Gasteiger partial charge is 0 e. The van der Waals surface area contributed by atoms with Crippen molar-refractivity contribution in [2.24, 2.45) is 0 Å². The van der Waals surface area contributed by atoms with Gasteiger partial charge in [0.15, 0.2) is 0 Å². The summed E-state index contributed by atoms with van der Waals surface area (Å²) in [6, 6.07) is 20.9. The van der Waals surface area contributed by atoms with Gasteiger partial charge in [-0.15, -0.1) is 0 Å². The number of hydrogen-bond donors (Lipinski definition) is 0. The van der Waals surface area contributed by atoms with E-state index in [1.165, 1.54) is 32.2 Å². The van der Waals surface area contributed by atoms with Crippen LogP contribution in [-0.4, -0.2) is 18.3 Å². The molecule has 25 heavy (non-hydrogen) atoms. The van der Waals surface area contributed by atoms with E-state index in [-0.39, 0.29) is 20.1 Å². The number of aromatic nitrogens is 1. The van der Waals surface area contributed by atoms with Gasteiger partial charge >= 0.3 is 147 Å². The van der Waals surface area contributed by atoms with Crippen LogP contribution in [0.25, 0.3) is 22.4 Å². The zero-order valence-corrected chi connectivity index (χ0v) is 19.4. The number of pyridine rings is 1. The Kier molecular flexibility index (Phi) is 5.34. The second kappa shape index (κ2) is 7.19. The first-order valence-electron chi connectivity index (χ1n) is 8.62. The minimum Gasteiger partial charge on any atom is 0 e. The van der Waals surface area contributed by atoms with Crippen molar-refractivity contribution in [1.29, 1.82) is 0 Å². The summed E-state index contributed by atoms with van der Waals surface area (Å²) in [5.74, 6) is 7.29. The quantitative estimate of drug-likeness (QED) is 0.320. The average molecular weight is 565 g/mol. The van der Waals surface area contributed by atoms with Crippen molar-refractivity contribution in [2.75, 3.05) is 0 Å². The Morgan fingerprint density at radius 3 is 2.36 bits per heavy atom. The van der Waals surface area contributed by atoms with Gasteiger partial charge in [0.05, 0.1) is 0 Å². The minimum atomic E-state index is -1.82. The van der Waals surface area contributed by atoms with Gasteiger partial charge in [0, 0.05) is 20.1 Å². The number of rotatable bonds is 2. The van der Waals surface area contributed by atoms with E-state index in [2.05, 4.69) is 78.1 Å². The van der Waals surface area contributed by atoms with Crippen LogP contribution in [0.1, 0.15) is 11.1 Å². The molecule has 0 unspecified atom stereocenters. The Balaban J connectivity index is 0.00000182. The summed E-state index contributed by atoms with van der Waals surface area (Å²) in [7, 11) is 0. The molecular weight excluding hydrogens is 543 g/mol. The molecule has 1 aromatic heterocycles. The molecule has 0 spiro atoms. The van der Waals surface area contributed by atoms with E-state index in [9.17, 15) is 0 Å². The standard InChI is InChI=1S/C22H22GeN.Ir/c1-23(2,3)20-14-19-10-9-18-13-17(16-7-5-4-6-8-16)11-12-21(18)22(19)24-15-20;/h4-8,11,13-15H,9-10H2,1-3H3;/q-1;. The van der Waals surface area contributed by atoms with Crippen LogP contribution in [0, 0.1) is 6.07 Å². The van der Waals surface area contributed by atoms with Gasteiger partial charge in [-0.05, 0) is 0 Å². The Morgan fingerprint density at radius 2 is 1.64 bits per heavy atom. The molecule has 0 saturated carbocycles. The third kappa shape index (κ3) is 3.67. The summed E-state index contributed by atoms with van der Waals surface area (Å²) in [6.07, 6.45) is 4.29. The summed E-state index contributed by atoms with van der Waals surface area (Å²) in [5.41, 5.74) is 7.63. The first kappa shape index (κ1) is 18.6. The molecule has 0 N–H and O–H groups in total. The number of aryl methyl sites for hydroxylation is 2. The van der Waals surface area contributed by atoms with Gasteiger partial charge in [0.1, 0.15) is 0 Å². The molecule has 1 heterocycles. The van der Waals surface area contributed by atoms with Crippen molar-refractivity contribution in [1.82, 2.24) is 4.98 Å². The minimum absolute atomic E-state index is 0. The summed E-state index contributed by atoms with van der Waals surface area (Å²) in [5, 5.41) is 0. The van der Waals surface area contributed by atoms with Crippen LogP contribution in [0.4, 0.5) is 0 Å². The SMILES string of the molecule is [CH3][Ge]([CH3])([CH3])[c]1cnc2c(c1)CCc1cc(-c3ccccc3)c[c-]c1-2.[Ir]. The maximum Gasteiger partial charge on any atom is 0 e. The zero-order chi connectivity index (χ0) is 16.7. The first-order chi connectivity index (χ1) is 11.5. The molecule has 0 fully saturated rings. The molecule has 1 aliphatic carbocycles. The number of nitrogens with zero attached hydrogens (tertiary/aromatic N) is 1. The van der Waals surface area contributed by atoms with Crippen molar-refractivity contribution in [3.05, 3.63) is 71.9 Å². The van der Waals surface area contributed by atoms with Crippen LogP contribution >= 0.6 is 0 Å². The van der Waals surface area contributed by atoms with Crippen molar-refractivity contribution in [3.63, 3.8) is 0 Å². The molecule has 0 amide bonds. The number of hydrogen-bond acceptors (Lipinski definition) is 1. The van der Waals surface area contributed by atoms with Gasteiger partial charge < -0.3 is 0 Å². The third-order valence-electron chi connectivity index (χ3n) is 4.86. The van der Waals surface area contributed by atoms with E-state index in [1.807, 2.05) is 0 Å². The molecule has 3 heteroatoms. The van der Waals surface area contributed by atoms with Crippen molar-refractivity contribution in [2.45, 2.75) is 30.1 Å². The van der Waals surface area contributed by atoms with Gasteiger partial charge in [-0.25, -0.2) is 0 Å². The molecule has 0 aliphatic heterocycles. The maximum atomic E-state index is 4.85. The van der Waals surface area contributed by atoms with Crippen molar-refractivity contribution in [3.8, 4) is 22.4 Å². The molecular formula is C22H22GeIrN-. The average Bonchev–Trinajstić information content (AvgIpc) is 2.60. The fraction of sp³-hybridized carbons (Fsp3) is 0.227. The van der Waals surface area contributed by atoms with Gasteiger partial charge in [-0.1, -0.05) is 0 Å². The number of benzene rings is 2. The summed E-state index contributed by atoms with van der Waals surface area (Å²) in [6.45, 7) is 0. The van der Waals surface area contributed by atoms with E-state index in [1.54, 1.807) is 0 Å². The molecule has 0 bridgehead atoms. The first-order valence-corrected chi connectivity index (χ1v) is 16.0. The molecule has 129 valence electrons. The van der Waals surface area contributed by atoms with E-state index in [0.717, 1.165) is 18.5 Å². The Bertz CT molecular complexity index is 898. The molecule has 3 aromatic rings. The Morgan fingerprint density at radius 1 is 0.920 bits per heavy atom. The van der Waals surface area contributed by atoms with Crippen molar-refractivity contribution >= 4 is 17.7 Å². The molecule has 4 rings (SSSR count). The second-order valence-electron chi connectivity index (χ2n) is 7.64. The van der Waals surface area contributed by atoms with Crippen LogP contribution < -0.4 is 4.40 Å². The Hall–Kier alpha value is -1.22. The predicted octanol–water partition coefficient (Wildman–Crippen LogP) is 4.86. The zero-order valence-electron chi connectivity index (χ0n) is 14.9. The number of fused-ring (bicyclic) bond motifs is 3. The maximum absolute atomic E-state index is 4.85. The predicted molar refractivity (Wildman–Crippen MR) is 104 cm³/mol. The summed E-state index contributed by atoms with van der Waals surface area (Å²) >= 11 is -1.82. The monoisotopic (exact) mass is 567 g/mol. The molecule has 0 atom stereocenters. The second-order valence-corrected chi connectivity index (χ2v) is 18.3. The molecule has 1 nitrogen and oxygen atoms in total. The van der Waals surface area contributed by atoms with Crippen LogP contribution in [0.5, 0.6) is 0 Å². The fourth-order valence-corrected chi connectivity index (χ4v) is 5.59. The summed E-state index contributed by atoms with van der Waals surface area (Å²) in [4.78, 5) is 4.85. The van der Waals surface area contributed by atoms with Gasteiger partial charge in [0.2, 0.25) is 0 Å². The smallest absolute Gasteiger partial charge is 0 e. The van der Waals surface area contributed by atoms with Gasteiger partial charge in [0.25, 0.3) is 0 Å². The van der Waals surface area contributed by atoms with Crippen LogP contribution in [0.2, 0.25) is 17.3 Å². The topological polar surface area (TPSA) is 12.9 Å². The van der Waals surface area contributed by atoms with E-state index >= 15 is 0 Å². The van der Waals surface area contributed by atoms with Crippen LogP contribution in [0.15, 0.2) is 54.7 Å². The van der Waals surface area contributed by atoms with E-state index in [0.29, 0.717) is 0 Å². The van der Waals surface area contributed by atoms with Crippen LogP contribution in [0.3, 0.4) is 0 Å². The van der Waals surface area contributed by atoms with Crippen molar-refractivity contribution < 1.29 is 20.1 Å². The Labute approximate surface area is 166 Å². The third-order valence-corrected chi connectivity index (χ3v) is 9.07. The molecule has 2 aromatic carbocycles. The van der Waals surface area contributed by atoms with Crippen LogP contribution in [-0.2, 0) is 32.9 Å². The molecule has 1 radical (unpaired) electrons. The van der Waals surface area contributed by atoms with E-state index < -0.39 is 13.3 Å². The normalized spacial score (nSPS) is 12.8. The van der Waals surface area contributed by atoms with Gasteiger partial charge in [-0.2, -0.15) is 0 Å². The van der Waals surface area contributed by atoms with E-state index in [4.69, 9.17) is 4.98 Å². The molecule has 0 saturated heterocycles. The summed E-state index contributed by atoms with van der Waals surface area (Å²) < 4.78 is 1.50.